The first-order valence-electron chi connectivity index (χ1n) is 11.3. The molecule has 0 unspecified atom stereocenters. The van der Waals surface area contributed by atoms with Crippen LogP contribution in [-0.4, -0.2) is 32.0 Å². The number of pyridine rings is 1. The lowest BCUT2D eigenvalue weighted by Crippen LogP contribution is -1.91. The van der Waals surface area contributed by atoms with Gasteiger partial charge in [-0.05, 0) is 73.2 Å². The number of nitrogens with zero attached hydrogens (tertiary/aromatic N) is 3. The maximum Gasteiger partial charge on any atom is 0.167 e. The first-order chi connectivity index (χ1) is 16.7. The minimum Gasteiger partial charge on any atom is -0.492 e. The highest BCUT2D eigenvalue weighted by molar-refractivity contribution is 5.90. The Labute approximate surface area is 196 Å². The fourth-order valence-corrected chi connectivity index (χ4v) is 4.54. The lowest BCUT2D eigenvalue weighted by Gasteiger charge is -2.03. The van der Waals surface area contributed by atoms with Gasteiger partial charge in [0.05, 0.1) is 40.9 Å². The van der Waals surface area contributed by atoms with Crippen molar-refractivity contribution in [2.24, 2.45) is 0 Å². The number of methoxy groups -OCH3 is 1. The van der Waals surface area contributed by atoms with Gasteiger partial charge in [-0.2, -0.15) is 0 Å². The van der Waals surface area contributed by atoms with E-state index in [4.69, 9.17) is 14.7 Å². The van der Waals surface area contributed by atoms with Crippen LogP contribution in [0.25, 0.3) is 57.6 Å². The molecule has 4 aromatic rings. The summed E-state index contributed by atoms with van der Waals surface area (Å²) in [5.41, 5.74) is 10.2. The number of rotatable bonds is 3. The standard InChI is InChI=1S/C28H23N5O/c1-3-19-20-11-13-24(32-20)27(22-6-4-5-15-29-22)23-9-7-17(30-23)16-18-8-10-25(31-18)28(34-2)26-14-12-21(19)33-26/h4-16,30,33H,3H2,1-2H3. The summed E-state index contributed by atoms with van der Waals surface area (Å²) in [6, 6.07) is 16.2. The fourth-order valence-electron chi connectivity index (χ4n) is 4.54. The average molecular weight is 446 g/mol. The molecule has 8 bridgehead atoms. The highest BCUT2D eigenvalue weighted by atomic mass is 16.5. The van der Waals surface area contributed by atoms with E-state index >= 15 is 0 Å². The van der Waals surface area contributed by atoms with Gasteiger partial charge in [0.15, 0.2) is 5.75 Å². The molecule has 6 rings (SSSR count). The molecule has 0 amide bonds. The number of aromatic nitrogens is 5. The maximum absolute atomic E-state index is 5.75. The summed E-state index contributed by atoms with van der Waals surface area (Å²) in [7, 11) is 1.67. The van der Waals surface area contributed by atoms with Crippen LogP contribution in [0.15, 0.2) is 54.7 Å². The lowest BCUT2D eigenvalue weighted by atomic mass is 10.1. The van der Waals surface area contributed by atoms with Crippen molar-refractivity contribution in [3.05, 3.63) is 83.1 Å². The molecule has 2 N–H and O–H groups in total. The third-order valence-corrected chi connectivity index (χ3v) is 6.12. The van der Waals surface area contributed by atoms with Crippen molar-refractivity contribution < 1.29 is 4.74 Å². The first-order valence-corrected chi connectivity index (χ1v) is 11.3. The number of nitrogens with one attached hydrogen (secondary N) is 2. The Morgan fingerprint density at radius 1 is 0.794 bits per heavy atom. The molecule has 0 fully saturated rings. The van der Waals surface area contributed by atoms with Crippen molar-refractivity contribution in [2.75, 3.05) is 7.11 Å². The van der Waals surface area contributed by atoms with Gasteiger partial charge in [-0.3, -0.25) is 4.98 Å². The molecule has 34 heavy (non-hydrogen) atoms. The van der Waals surface area contributed by atoms with E-state index in [-0.39, 0.29) is 0 Å². The summed E-state index contributed by atoms with van der Waals surface area (Å²) in [6.07, 6.45) is 10.8. The summed E-state index contributed by atoms with van der Waals surface area (Å²) in [5.74, 6) is 0.711. The second kappa shape index (κ2) is 8.15. The lowest BCUT2D eigenvalue weighted by molar-refractivity contribution is 0.416. The van der Waals surface area contributed by atoms with Gasteiger partial charge in [0, 0.05) is 28.4 Å². The molecule has 0 spiro atoms. The van der Waals surface area contributed by atoms with E-state index < -0.39 is 0 Å². The highest BCUT2D eigenvalue weighted by Gasteiger charge is 2.14. The van der Waals surface area contributed by atoms with Crippen molar-refractivity contribution in [3.63, 3.8) is 0 Å². The molecule has 6 heterocycles. The first kappa shape index (κ1) is 20.2. The number of hydrogen-bond donors (Lipinski definition) is 2. The Morgan fingerprint density at radius 2 is 1.62 bits per heavy atom. The molecule has 0 saturated heterocycles. The predicted octanol–water partition coefficient (Wildman–Crippen LogP) is 6.29. The number of H-pyrrole nitrogens is 2. The van der Waals surface area contributed by atoms with Gasteiger partial charge in [-0.1, -0.05) is 13.0 Å². The molecular weight excluding hydrogens is 422 g/mol. The molecule has 0 radical (unpaired) electrons. The van der Waals surface area contributed by atoms with Gasteiger partial charge in [-0.25, -0.2) is 9.97 Å². The van der Waals surface area contributed by atoms with Crippen LogP contribution < -0.4 is 4.74 Å². The predicted molar refractivity (Wildman–Crippen MR) is 138 cm³/mol. The van der Waals surface area contributed by atoms with Crippen LogP contribution in [0.4, 0.5) is 0 Å². The number of hydrogen-bond acceptors (Lipinski definition) is 4. The van der Waals surface area contributed by atoms with E-state index in [1.165, 1.54) is 0 Å². The minimum atomic E-state index is 0.711. The maximum atomic E-state index is 5.75. The van der Waals surface area contributed by atoms with E-state index in [9.17, 15) is 0 Å². The van der Waals surface area contributed by atoms with Crippen LogP contribution in [0.2, 0.25) is 0 Å². The smallest absolute Gasteiger partial charge is 0.167 e. The summed E-state index contributed by atoms with van der Waals surface area (Å²) in [6.45, 7) is 2.14. The van der Waals surface area contributed by atoms with E-state index in [2.05, 4.69) is 52.2 Å². The molecule has 0 atom stereocenters. The van der Waals surface area contributed by atoms with Crippen molar-refractivity contribution >= 4 is 46.4 Å². The van der Waals surface area contributed by atoms with E-state index in [1.54, 1.807) is 7.11 Å². The van der Waals surface area contributed by atoms with Crippen molar-refractivity contribution in [1.82, 2.24) is 24.9 Å². The molecule has 2 aliphatic heterocycles. The SMILES string of the molecule is CCc1c2nc(c(-c3ccccn3)c3ccc(cc4nc(c(OC)c5ccc1[nH]5)C=C4)[nH]3)C=C2. The van der Waals surface area contributed by atoms with E-state index in [1.807, 2.05) is 48.7 Å². The molecule has 2 aliphatic rings. The Hall–Kier alpha value is -4.45. The molecule has 6 nitrogen and oxygen atoms in total. The van der Waals surface area contributed by atoms with Gasteiger partial charge >= 0.3 is 0 Å². The van der Waals surface area contributed by atoms with E-state index in [0.717, 1.165) is 68.1 Å². The largest absolute Gasteiger partial charge is 0.492 e. The van der Waals surface area contributed by atoms with Gasteiger partial charge in [0.1, 0.15) is 5.69 Å². The monoisotopic (exact) mass is 445 g/mol. The molecule has 4 aromatic heterocycles. The van der Waals surface area contributed by atoms with Crippen molar-refractivity contribution in [1.29, 1.82) is 0 Å². The zero-order valence-corrected chi connectivity index (χ0v) is 19.0. The molecule has 0 aliphatic carbocycles. The summed E-state index contributed by atoms with van der Waals surface area (Å²) in [5, 5.41) is 0. The van der Waals surface area contributed by atoms with Crippen LogP contribution in [0.5, 0.6) is 5.75 Å². The van der Waals surface area contributed by atoms with Crippen LogP contribution in [0, 0.1) is 0 Å². The third kappa shape index (κ3) is 3.40. The van der Waals surface area contributed by atoms with Gasteiger partial charge in [-0.15, -0.1) is 0 Å². The molecular formula is C28H23N5O. The normalized spacial score (nSPS) is 12.3. The number of fused-ring (bicyclic) bond motifs is 8. The molecule has 0 saturated carbocycles. The highest BCUT2D eigenvalue weighted by Crippen LogP contribution is 2.31. The summed E-state index contributed by atoms with van der Waals surface area (Å²) >= 11 is 0. The number of ether oxygens (including phenoxy) is 1. The van der Waals surface area contributed by atoms with Crippen LogP contribution in [-0.2, 0) is 6.42 Å². The summed E-state index contributed by atoms with van der Waals surface area (Å²) in [4.78, 5) is 21.5. The van der Waals surface area contributed by atoms with Crippen LogP contribution in [0.1, 0.15) is 35.3 Å². The number of aromatic amines is 2. The Kier molecular flexibility index (Phi) is 4.84. The second-order valence-corrected chi connectivity index (χ2v) is 8.18. The Bertz CT molecular complexity index is 1620. The summed E-state index contributed by atoms with van der Waals surface area (Å²) < 4.78 is 5.75. The molecule has 166 valence electrons. The van der Waals surface area contributed by atoms with Crippen LogP contribution in [0.3, 0.4) is 0 Å². The van der Waals surface area contributed by atoms with Crippen molar-refractivity contribution in [3.8, 4) is 17.0 Å². The van der Waals surface area contributed by atoms with Gasteiger partial charge < -0.3 is 14.7 Å². The average Bonchev–Trinajstić information content (AvgIpc) is 3.66. The third-order valence-electron chi connectivity index (χ3n) is 6.12. The van der Waals surface area contributed by atoms with Gasteiger partial charge in [0.2, 0.25) is 0 Å². The zero-order chi connectivity index (χ0) is 23.1. The van der Waals surface area contributed by atoms with E-state index in [0.29, 0.717) is 5.75 Å². The Morgan fingerprint density at radius 3 is 2.44 bits per heavy atom. The van der Waals surface area contributed by atoms with Crippen LogP contribution >= 0.6 is 0 Å². The molecule has 6 heteroatoms. The Balaban J connectivity index is 1.77. The zero-order valence-electron chi connectivity index (χ0n) is 19.0. The fraction of sp³-hybridized carbons (Fsp3) is 0.107. The molecule has 0 aromatic carbocycles. The quantitative estimate of drug-likeness (QED) is 0.336. The topological polar surface area (TPSA) is 79.5 Å². The van der Waals surface area contributed by atoms with Crippen molar-refractivity contribution in [2.45, 2.75) is 13.3 Å². The second-order valence-electron chi connectivity index (χ2n) is 8.18. The minimum absolute atomic E-state index is 0.711. The number of aryl methyl sites for hydroxylation is 1. The van der Waals surface area contributed by atoms with Gasteiger partial charge in [0.25, 0.3) is 0 Å².